The number of aliphatic carboxylic acids is 2. The molecule has 0 saturated heterocycles. The van der Waals surface area contributed by atoms with Crippen molar-refractivity contribution in [3.8, 4) is 0 Å². The third kappa shape index (κ3) is 10.3. The maximum absolute atomic E-state index is 11.6. The summed E-state index contributed by atoms with van der Waals surface area (Å²) in [5.41, 5.74) is -0.103. The van der Waals surface area contributed by atoms with Gasteiger partial charge in [0, 0.05) is 24.9 Å². The van der Waals surface area contributed by atoms with Gasteiger partial charge < -0.3 is 20.8 Å². The summed E-state index contributed by atoms with van der Waals surface area (Å²) in [6, 6.07) is -1.03. The van der Waals surface area contributed by atoms with Gasteiger partial charge in [0.15, 0.2) is 0 Å². The lowest BCUT2D eigenvalue weighted by atomic mass is 10.1. The molecule has 0 bridgehead atoms. The molecule has 7 nitrogen and oxygen atoms in total. The molecule has 0 heterocycles. The average molecular weight is 288 g/mol. The van der Waals surface area contributed by atoms with Gasteiger partial charge in [0.2, 0.25) is 5.91 Å². The normalized spacial score (nSPS) is 12.8. The standard InChI is InChI=1S/C13H24N2O5/c1-13(2,3)14-8-7-10(16)15-9(12(19)20)5-4-6-11(17)18/h9,14H,4-8H2,1-3H3,(H,15,16)(H,17,18)(H,19,20)/t9-/m1/s1. The van der Waals surface area contributed by atoms with Gasteiger partial charge in [0.25, 0.3) is 0 Å². The van der Waals surface area contributed by atoms with E-state index in [0.29, 0.717) is 6.54 Å². The molecule has 1 amide bonds. The summed E-state index contributed by atoms with van der Waals surface area (Å²) < 4.78 is 0. The van der Waals surface area contributed by atoms with Gasteiger partial charge in [0.05, 0.1) is 0 Å². The molecule has 0 saturated carbocycles. The quantitative estimate of drug-likeness (QED) is 0.493. The van der Waals surface area contributed by atoms with Crippen LogP contribution in [0, 0.1) is 0 Å². The van der Waals surface area contributed by atoms with Gasteiger partial charge in [0.1, 0.15) is 6.04 Å². The van der Waals surface area contributed by atoms with Crippen LogP contribution in [0.15, 0.2) is 0 Å². The smallest absolute Gasteiger partial charge is 0.326 e. The third-order valence-corrected chi connectivity index (χ3v) is 2.52. The number of rotatable bonds is 9. The molecule has 0 radical (unpaired) electrons. The molecule has 0 aromatic rings. The van der Waals surface area contributed by atoms with E-state index in [9.17, 15) is 14.4 Å². The summed E-state index contributed by atoms with van der Waals surface area (Å²) in [5, 5.41) is 23.0. The lowest BCUT2D eigenvalue weighted by Gasteiger charge is -2.20. The first kappa shape index (κ1) is 18.4. The maximum Gasteiger partial charge on any atom is 0.326 e. The molecule has 0 aliphatic heterocycles. The van der Waals surface area contributed by atoms with Crippen molar-refractivity contribution in [3.63, 3.8) is 0 Å². The Morgan fingerprint density at radius 1 is 1.10 bits per heavy atom. The van der Waals surface area contributed by atoms with Crippen molar-refractivity contribution in [2.45, 2.75) is 58.0 Å². The van der Waals surface area contributed by atoms with Crippen LogP contribution in [-0.4, -0.2) is 46.2 Å². The predicted octanol–water partition coefficient (Wildman–Crippen LogP) is 0.589. The topological polar surface area (TPSA) is 116 Å². The Morgan fingerprint density at radius 2 is 1.70 bits per heavy atom. The fraction of sp³-hybridized carbons (Fsp3) is 0.769. The molecular formula is C13H24N2O5. The van der Waals surface area contributed by atoms with E-state index in [0.717, 1.165) is 0 Å². The fourth-order valence-electron chi connectivity index (χ4n) is 1.53. The van der Waals surface area contributed by atoms with E-state index in [1.54, 1.807) is 0 Å². The number of carbonyl (C=O) groups is 3. The SMILES string of the molecule is CC(C)(C)NCCC(=O)N[C@H](CCCC(=O)O)C(=O)O. The molecule has 116 valence electrons. The van der Waals surface area contributed by atoms with Crippen molar-refractivity contribution >= 4 is 17.8 Å². The van der Waals surface area contributed by atoms with E-state index in [1.165, 1.54) is 0 Å². The van der Waals surface area contributed by atoms with Crippen molar-refractivity contribution < 1.29 is 24.6 Å². The fourth-order valence-corrected chi connectivity index (χ4v) is 1.53. The van der Waals surface area contributed by atoms with E-state index < -0.39 is 18.0 Å². The van der Waals surface area contributed by atoms with E-state index in [-0.39, 0.29) is 37.1 Å². The van der Waals surface area contributed by atoms with Crippen LogP contribution in [0.4, 0.5) is 0 Å². The van der Waals surface area contributed by atoms with E-state index in [2.05, 4.69) is 10.6 Å². The highest BCUT2D eigenvalue weighted by molar-refractivity contribution is 5.83. The summed E-state index contributed by atoms with van der Waals surface area (Å²) in [6.45, 7) is 6.36. The minimum Gasteiger partial charge on any atom is -0.481 e. The molecule has 0 fully saturated rings. The Kier molecular flexibility index (Phi) is 7.83. The summed E-state index contributed by atoms with van der Waals surface area (Å²) in [4.78, 5) is 32.9. The molecule has 4 N–H and O–H groups in total. The molecule has 0 spiro atoms. The first-order chi connectivity index (χ1) is 9.11. The average Bonchev–Trinajstić information content (AvgIpc) is 2.25. The molecule has 0 aromatic carbocycles. The third-order valence-electron chi connectivity index (χ3n) is 2.52. The van der Waals surface area contributed by atoms with Crippen LogP contribution < -0.4 is 10.6 Å². The van der Waals surface area contributed by atoms with Crippen LogP contribution in [0.25, 0.3) is 0 Å². The largest absolute Gasteiger partial charge is 0.481 e. The number of carbonyl (C=O) groups excluding carboxylic acids is 1. The van der Waals surface area contributed by atoms with Crippen LogP contribution in [0.1, 0.15) is 46.5 Å². The van der Waals surface area contributed by atoms with Gasteiger partial charge in [-0.2, -0.15) is 0 Å². The molecular weight excluding hydrogens is 264 g/mol. The molecule has 20 heavy (non-hydrogen) atoms. The second-order valence-corrected chi connectivity index (χ2v) is 5.67. The molecule has 7 heteroatoms. The van der Waals surface area contributed by atoms with Crippen LogP contribution in [0.2, 0.25) is 0 Å². The summed E-state index contributed by atoms with van der Waals surface area (Å²) in [7, 11) is 0. The number of amides is 1. The molecule has 0 aliphatic carbocycles. The van der Waals surface area contributed by atoms with E-state index in [4.69, 9.17) is 10.2 Å². The Balaban J connectivity index is 4.08. The number of hydrogen-bond donors (Lipinski definition) is 4. The molecule has 0 aromatic heterocycles. The maximum atomic E-state index is 11.6. The van der Waals surface area contributed by atoms with Crippen molar-refractivity contribution in [2.75, 3.05) is 6.54 Å². The van der Waals surface area contributed by atoms with Crippen LogP contribution >= 0.6 is 0 Å². The summed E-state index contributed by atoms with van der Waals surface area (Å²) in [5.74, 6) is -2.48. The van der Waals surface area contributed by atoms with Crippen molar-refractivity contribution in [2.24, 2.45) is 0 Å². The predicted molar refractivity (Wildman–Crippen MR) is 73.4 cm³/mol. The van der Waals surface area contributed by atoms with Gasteiger partial charge >= 0.3 is 11.9 Å². The second-order valence-electron chi connectivity index (χ2n) is 5.67. The highest BCUT2D eigenvalue weighted by atomic mass is 16.4. The van der Waals surface area contributed by atoms with E-state index in [1.807, 2.05) is 20.8 Å². The summed E-state index contributed by atoms with van der Waals surface area (Å²) in [6.07, 6.45) is 0.401. The zero-order valence-corrected chi connectivity index (χ0v) is 12.2. The van der Waals surface area contributed by atoms with Gasteiger partial charge in [-0.25, -0.2) is 4.79 Å². The van der Waals surface area contributed by atoms with E-state index >= 15 is 0 Å². The summed E-state index contributed by atoms with van der Waals surface area (Å²) >= 11 is 0. The minimum absolute atomic E-state index is 0.103. The van der Waals surface area contributed by atoms with Gasteiger partial charge in [-0.3, -0.25) is 9.59 Å². The first-order valence-electron chi connectivity index (χ1n) is 6.61. The highest BCUT2D eigenvalue weighted by Gasteiger charge is 2.20. The minimum atomic E-state index is -1.15. The first-order valence-corrected chi connectivity index (χ1v) is 6.61. The molecule has 1 atom stereocenters. The van der Waals surface area contributed by atoms with Crippen molar-refractivity contribution in [1.82, 2.24) is 10.6 Å². The number of hydrogen-bond acceptors (Lipinski definition) is 4. The highest BCUT2D eigenvalue weighted by Crippen LogP contribution is 2.03. The zero-order chi connectivity index (χ0) is 15.8. The molecule has 0 aliphatic rings. The van der Waals surface area contributed by atoms with Gasteiger partial charge in [-0.1, -0.05) is 0 Å². The Hall–Kier alpha value is -1.63. The monoisotopic (exact) mass is 288 g/mol. The molecule has 0 unspecified atom stereocenters. The van der Waals surface area contributed by atoms with Crippen LogP contribution in [0.3, 0.4) is 0 Å². The van der Waals surface area contributed by atoms with Crippen LogP contribution in [0.5, 0.6) is 0 Å². The Labute approximate surface area is 118 Å². The zero-order valence-electron chi connectivity index (χ0n) is 12.2. The molecule has 0 rings (SSSR count). The number of carboxylic acid groups (broad SMARTS) is 2. The number of nitrogens with one attached hydrogen (secondary N) is 2. The Morgan fingerprint density at radius 3 is 2.15 bits per heavy atom. The Bertz CT molecular complexity index is 349. The second kappa shape index (κ2) is 8.52. The van der Waals surface area contributed by atoms with Crippen LogP contribution in [-0.2, 0) is 14.4 Å². The van der Waals surface area contributed by atoms with Gasteiger partial charge in [-0.05, 0) is 33.6 Å². The van der Waals surface area contributed by atoms with Gasteiger partial charge in [-0.15, -0.1) is 0 Å². The van der Waals surface area contributed by atoms with Crippen molar-refractivity contribution in [3.05, 3.63) is 0 Å². The number of carboxylic acids is 2. The van der Waals surface area contributed by atoms with Crippen molar-refractivity contribution in [1.29, 1.82) is 0 Å². The lowest BCUT2D eigenvalue weighted by Crippen LogP contribution is -2.43. The lowest BCUT2D eigenvalue weighted by molar-refractivity contribution is -0.142.